The van der Waals surface area contributed by atoms with Crippen molar-refractivity contribution in [2.75, 3.05) is 9.80 Å². The van der Waals surface area contributed by atoms with E-state index in [9.17, 15) is 0 Å². The van der Waals surface area contributed by atoms with Crippen LogP contribution in [0.3, 0.4) is 0 Å². The molecular weight excluding hydrogens is 780 g/mol. The van der Waals surface area contributed by atoms with Crippen LogP contribution in [0.15, 0.2) is 121 Å². The first-order valence-electron chi connectivity index (χ1n) is 16.6. The standard InChI is InChI=1S/C44H39N4.Pt/c1-30-22-23-45-42(24-30)48-38-17-11-10-16-36(38)37-21-20-31(28-41(37)48)44(5,6)33-25-32(43(2,3)4)26-35(27-33)47-29-46(34-14-8-7-9-15-34)39-18-12-13-19-40(39)47;/h7-26,29H,1-6H3;/q-3;. The second kappa shape index (κ2) is 12.3. The van der Waals surface area contributed by atoms with Gasteiger partial charge in [0.1, 0.15) is 5.82 Å². The van der Waals surface area contributed by atoms with Crippen LogP contribution in [-0.2, 0) is 31.9 Å². The van der Waals surface area contributed by atoms with E-state index >= 15 is 0 Å². The van der Waals surface area contributed by atoms with Crippen molar-refractivity contribution in [1.29, 1.82) is 0 Å². The molecule has 248 valence electrons. The summed E-state index contributed by atoms with van der Waals surface area (Å²) in [5, 5.41) is 2.37. The van der Waals surface area contributed by atoms with Gasteiger partial charge in [0, 0.05) is 49.8 Å². The molecule has 0 saturated carbocycles. The Labute approximate surface area is 304 Å². The van der Waals surface area contributed by atoms with Gasteiger partial charge in [0.15, 0.2) is 0 Å². The second-order valence-electron chi connectivity index (χ2n) is 14.4. The molecule has 1 aliphatic heterocycles. The van der Waals surface area contributed by atoms with Crippen LogP contribution in [0.2, 0.25) is 0 Å². The van der Waals surface area contributed by atoms with Crippen molar-refractivity contribution in [2.45, 2.75) is 52.4 Å². The molecule has 0 N–H and O–H groups in total. The van der Waals surface area contributed by atoms with Gasteiger partial charge in [-0.3, -0.25) is 0 Å². The summed E-state index contributed by atoms with van der Waals surface area (Å²) in [5.74, 6) is 0.905. The number of para-hydroxylation sites is 4. The first-order chi connectivity index (χ1) is 23.1. The summed E-state index contributed by atoms with van der Waals surface area (Å²) in [6.07, 6.45) is 1.89. The average molecular weight is 819 g/mol. The SMILES string of the molecule is Cc1ccnc(-n2c3[c-]c(C(C)(C)c4[c-]c(N5[CH-]N(c6ccccc6)c6ccccc65)cc(C(C)(C)C)c4)ccc3c3ccccc32)c1.[Pt]. The fraction of sp³-hybridized carbons (Fsp3) is 0.182. The van der Waals surface area contributed by atoms with Gasteiger partial charge in [-0.1, -0.05) is 88.7 Å². The van der Waals surface area contributed by atoms with E-state index in [2.05, 4.69) is 184 Å². The summed E-state index contributed by atoms with van der Waals surface area (Å²) < 4.78 is 2.26. The van der Waals surface area contributed by atoms with E-state index in [1.807, 2.05) is 12.3 Å². The van der Waals surface area contributed by atoms with Gasteiger partial charge in [-0.25, -0.2) is 4.98 Å². The van der Waals surface area contributed by atoms with Crippen LogP contribution >= 0.6 is 0 Å². The number of anilines is 4. The Kier molecular flexibility index (Phi) is 8.28. The largest absolute Gasteiger partial charge is 0.493 e. The van der Waals surface area contributed by atoms with Crippen molar-refractivity contribution in [3.05, 3.63) is 163 Å². The Morgan fingerprint density at radius 1 is 0.653 bits per heavy atom. The summed E-state index contributed by atoms with van der Waals surface area (Å²) in [5.41, 5.74) is 10.8. The number of hydrogen-bond acceptors (Lipinski definition) is 3. The zero-order valence-electron chi connectivity index (χ0n) is 28.7. The summed E-state index contributed by atoms with van der Waals surface area (Å²) in [7, 11) is 0. The van der Waals surface area contributed by atoms with Crippen LogP contribution in [0.25, 0.3) is 27.6 Å². The second-order valence-corrected chi connectivity index (χ2v) is 14.4. The van der Waals surface area contributed by atoms with Crippen LogP contribution in [0.5, 0.6) is 0 Å². The minimum atomic E-state index is -0.399. The molecule has 0 fully saturated rings. The third kappa shape index (κ3) is 5.66. The van der Waals surface area contributed by atoms with Crippen LogP contribution in [0.4, 0.5) is 22.7 Å². The van der Waals surface area contributed by atoms with Crippen molar-refractivity contribution >= 4 is 44.6 Å². The van der Waals surface area contributed by atoms with Gasteiger partial charge in [-0.15, -0.1) is 23.8 Å². The summed E-state index contributed by atoms with van der Waals surface area (Å²) in [4.78, 5) is 9.34. The van der Waals surface area contributed by atoms with Gasteiger partial charge in [0.05, 0.1) is 0 Å². The number of pyridine rings is 1. The van der Waals surface area contributed by atoms with E-state index in [-0.39, 0.29) is 26.5 Å². The smallest absolute Gasteiger partial charge is 0.135 e. The normalized spacial score (nSPS) is 13.2. The molecule has 0 radical (unpaired) electrons. The molecule has 49 heavy (non-hydrogen) atoms. The molecule has 2 aromatic heterocycles. The van der Waals surface area contributed by atoms with Gasteiger partial charge in [-0.05, 0) is 71.2 Å². The number of fused-ring (bicyclic) bond motifs is 4. The monoisotopic (exact) mass is 818 g/mol. The zero-order valence-corrected chi connectivity index (χ0v) is 31.0. The van der Waals surface area contributed by atoms with Crippen molar-refractivity contribution in [2.24, 2.45) is 0 Å². The van der Waals surface area contributed by atoms with Gasteiger partial charge >= 0.3 is 0 Å². The number of benzene rings is 5. The predicted octanol–water partition coefficient (Wildman–Crippen LogP) is 11.1. The quantitative estimate of drug-likeness (QED) is 0.162. The molecule has 0 unspecified atom stereocenters. The van der Waals surface area contributed by atoms with E-state index in [0.29, 0.717) is 0 Å². The van der Waals surface area contributed by atoms with Crippen molar-refractivity contribution < 1.29 is 21.1 Å². The first-order valence-corrected chi connectivity index (χ1v) is 16.6. The molecule has 0 bridgehead atoms. The fourth-order valence-electron chi connectivity index (χ4n) is 6.83. The van der Waals surface area contributed by atoms with Crippen molar-refractivity contribution in [3.63, 3.8) is 0 Å². The molecule has 0 spiro atoms. The number of rotatable bonds is 5. The number of aromatic nitrogens is 2. The molecule has 4 nitrogen and oxygen atoms in total. The van der Waals surface area contributed by atoms with Crippen LogP contribution < -0.4 is 9.80 Å². The van der Waals surface area contributed by atoms with Gasteiger partial charge < -0.3 is 14.4 Å². The van der Waals surface area contributed by atoms with E-state index in [0.717, 1.165) is 50.7 Å². The molecule has 5 heteroatoms. The molecule has 0 saturated heterocycles. The molecule has 1 aliphatic rings. The van der Waals surface area contributed by atoms with Gasteiger partial charge in [0.2, 0.25) is 0 Å². The van der Waals surface area contributed by atoms with E-state index in [1.54, 1.807) is 0 Å². The van der Waals surface area contributed by atoms with Crippen LogP contribution in [-0.4, -0.2) is 9.55 Å². The molecule has 5 aromatic carbocycles. The molecule has 0 amide bonds. The number of hydrogen-bond donors (Lipinski definition) is 0. The molecule has 8 rings (SSSR count). The van der Waals surface area contributed by atoms with Gasteiger partial charge in [-0.2, -0.15) is 47.0 Å². The summed E-state index contributed by atoms with van der Waals surface area (Å²) >= 11 is 0. The predicted molar refractivity (Wildman–Crippen MR) is 200 cm³/mol. The topological polar surface area (TPSA) is 24.3 Å². The maximum Gasteiger partial charge on any atom is 0.135 e. The Morgan fingerprint density at radius 3 is 2.08 bits per heavy atom. The van der Waals surface area contributed by atoms with E-state index in [1.165, 1.54) is 21.9 Å². The fourth-order valence-corrected chi connectivity index (χ4v) is 6.83. The maximum absolute atomic E-state index is 4.80. The third-order valence-electron chi connectivity index (χ3n) is 9.71. The van der Waals surface area contributed by atoms with Crippen molar-refractivity contribution in [1.82, 2.24) is 9.55 Å². The molecular formula is C44H39N4Pt-3. The zero-order chi connectivity index (χ0) is 33.2. The molecule has 0 atom stereocenters. The minimum absolute atomic E-state index is 0. The Bertz CT molecular complexity index is 2310. The maximum atomic E-state index is 4.80. The molecule has 0 aliphatic carbocycles. The Hall–Kier alpha value is -4.66. The minimum Gasteiger partial charge on any atom is -0.493 e. The van der Waals surface area contributed by atoms with Gasteiger partial charge in [0.25, 0.3) is 0 Å². The average Bonchev–Trinajstić information content (AvgIpc) is 3.64. The van der Waals surface area contributed by atoms with Crippen molar-refractivity contribution in [3.8, 4) is 5.82 Å². The summed E-state index contributed by atoms with van der Waals surface area (Å²) in [6, 6.07) is 48.8. The Morgan fingerprint density at radius 2 is 1.35 bits per heavy atom. The van der Waals surface area contributed by atoms with E-state index < -0.39 is 5.41 Å². The summed E-state index contributed by atoms with van der Waals surface area (Å²) in [6.45, 7) is 15.7. The van der Waals surface area contributed by atoms with E-state index in [4.69, 9.17) is 4.98 Å². The first kappa shape index (κ1) is 32.9. The van der Waals surface area contributed by atoms with Crippen LogP contribution in [0, 0.1) is 25.7 Å². The Balaban J connectivity index is 0.00000378. The number of nitrogens with zero attached hydrogens (tertiary/aromatic N) is 4. The molecule has 3 heterocycles. The molecule has 7 aromatic rings. The van der Waals surface area contributed by atoms with Crippen LogP contribution in [0.1, 0.15) is 56.9 Å². The third-order valence-corrected chi connectivity index (χ3v) is 9.71. The number of aryl methyl sites for hydroxylation is 1.